The minimum atomic E-state index is 0.0464. The summed E-state index contributed by atoms with van der Waals surface area (Å²) in [6.07, 6.45) is 0. The molecule has 0 radical (unpaired) electrons. The molecular formula is C14H19N3O2. The molecule has 2 N–H and O–H groups in total. The fourth-order valence-corrected chi connectivity index (χ4v) is 2.11. The standard InChI is InChI=1S/C14H19N3O2/c1-10-13(14(19-3)17(2)16-10)8-15-12-6-4-5-11(7-12)9-18/h4-7,15,18H,8-9H2,1-3H3. The Morgan fingerprint density at radius 2 is 2.21 bits per heavy atom. The van der Waals surface area contributed by atoms with E-state index in [0.717, 1.165) is 28.4 Å². The maximum Gasteiger partial charge on any atom is 0.216 e. The van der Waals surface area contributed by atoms with Crippen LogP contribution in [0, 0.1) is 6.92 Å². The lowest BCUT2D eigenvalue weighted by molar-refractivity contribution is 0.282. The molecule has 0 fully saturated rings. The van der Waals surface area contributed by atoms with Crippen LogP contribution in [0.2, 0.25) is 0 Å². The molecule has 5 heteroatoms. The number of rotatable bonds is 5. The van der Waals surface area contributed by atoms with E-state index in [1.807, 2.05) is 38.2 Å². The van der Waals surface area contributed by atoms with E-state index in [2.05, 4.69) is 10.4 Å². The van der Waals surface area contributed by atoms with Gasteiger partial charge in [0.2, 0.25) is 5.88 Å². The first-order valence-electron chi connectivity index (χ1n) is 6.16. The van der Waals surface area contributed by atoms with Gasteiger partial charge in [-0.1, -0.05) is 12.1 Å². The molecule has 0 bridgehead atoms. The number of methoxy groups -OCH3 is 1. The van der Waals surface area contributed by atoms with Crippen molar-refractivity contribution < 1.29 is 9.84 Å². The Balaban J connectivity index is 2.14. The summed E-state index contributed by atoms with van der Waals surface area (Å²) in [6.45, 7) is 2.65. The van der Waals surface area contributed by atoms with Crippen molar-refractivity contribution in [3.05, 3.63) is 41.1 Å². The van der Waals surface area contributed by atoms with Gasteiger partial charge in [0.15, 0.2) is 0 Å². The third-order valence-corrected chi connectivity index (χ3v) is 3.06. The van der Waals surface area contributed by atoms with Crippen LogP contribution in [0.25, 0.3) is 0 Å². The van der Waals surface area contributed by atoms with Gasteiger partial charge in [-0.2, -0.15) is 5.10 Å². The molecule has 0 unspecified atom stereocenters. The molecule has 19 heavy (non-hydrogen) atoms. The number of ether oxygens (including phenoxy) is 1. The van der Waals surface area contributed by atoms with E-state index in [1.165, 1.54) is 0 Å². The number of anilines is 1. The quantitative estimate of drug-likeness (QED) is 0.862. The van der Waals surface area contributed by atoms with Gasteiger partial charge in [0.05, 0.1) is 25.0 Å². The van der Waals surface area contributed by atoms with E-state index in [1.54, 1.807) is 11.8 Å². The predicted molar refractivity (Wildman–Crippen MR) is 74.2 cm³/mol. The molecule has 0 saturated carbocycles. The Labute approximate surface area is 112 Å². The van der Waals surface area contributed by atoms with Crippen molar-refractivity contribution in [3.63, 3.8) is 0 Å². The van der Waals surface area contributed by atoms with Crippen LogP contribution < -0.4 is 10.1 Å². The van der Waals surface area contributed by atoms with Crippen LogP contribution in [-0.2, 0) is 20.2 Å². The summed E-state index contributed by atoms with van der Waals surface area (Å²) < 4.78 is 7.08. The number of aromatic nitrogens is 2. The number of nitrogens with one attached hydrogen (secondary N) is 1. The van der Waals surface area contributed by atoms with E-state index in [9.17, 15) is 0 Å². The van der Waals surface area contributed by atoms with Gasteiger partial charge in [0.1, 0.15) is 0 Å². The Morgan fingerprint density at radius 1 is 1.42 bits per heavy atom. The fourth-order valence-electron chi connectivity index (χ4n) is 2.11. The first-order valence-corrected chi connectivity index (χ1v) is 6.16. The Hall–Kier alpha value is -2.01. The van der Waals surface area contributed by atoms with Gasteiger partial charge in [-0.3, -0.25) is 0 Å². The van der Waals surface area contributed by atoms with Gasteiger partial charge in [0, 0.05) is 19.3 Å². The van der Waals surface area contributed by atoms with Crippen molar-refractivity contribution >= 4 is 5.69 Å². The van der Waals surface area contributed by atoms with Crippen molar-refractivity contribution in [1.82, 2.24) is 9.78 Å². The number of aliphatic hydroxyl groups excluding tert-OH is 1. The largest absolute Gasteiger partial charge is 0.481 e. The monoisotopic (exact) mass is 261 g/mol. The van der Waals surface area contributed by atoms with Gasteiger partial charge in [-0.15, -0.1) is 0 Å². The molecule has 0 aliphatic heterocycles. The number of aryl methyl sites for hydroxylation is 2. The summed E-state index contributed by atoms with van der Waals surface area (Å²) in [5.74, 6) is 0.767. The van der Waals surface area contributed by atoms with Crippen LogP contribution in [0.15, 0.2) is 24.3 Å². The zero-order chi connectivity index (χ0) is 13.8. The molecule has 0 aliphatic carbocycles. The smallest absolute Gasteiger partial charge is 0.216 e. The second kappa shape index (κ2) is 5.75. The second-order valence-corrected chi connectivity index (χ2v) is 4.41. The number of benzene rings is 1. The van der Waals surface area contributed by atoms with Gasteiger partial charge >= 0.3 is 0 Å². The molecule has 2 aromatic rings. The topological polar surface area (TPSA) is 59.3 Å². The average Bonchev–Trinajstić information content (AvgIpc) is 2.70. The molecule has 0 aliphatic rings. The summed E-state index contributed by atoms with van der Waals surface area (Å²) >= 11 is 0. The first-order chi connectivity index (χ1) is 9.15. The Morgan fingerprint density at radius 3 is 2.89 bits per heavy atom. The van der Waals surface area contributed by atoms with Gasteiger partial charge in [0.25, 0.3) is 0 Å². The van der Waals surface area contributed by atoms with Crippen molar-refractivity contribution in [2.45, 2.75) is 20.1 Å². The highest BCUT2D eigenvalue weighted by Crippen LogP contribution is 2.22. The van der Waals surface area contributed by atoms with E-state index in [4.69, 9.17) is 9.84 Å². The van der Waals surface area contributed by atoms with E-state index < -0.39 is 0 Å². The number of hydrogen-bond donors (Lipinski definition) is 2. The molecule has 1 aromatic heterocycles. The highest BCUT2D eigenvalue weighted by molar-refractivity contribution is 5.47. The molecule has 2 rings (SSSR count). The molecule has 5 nitrogen and oxygen atoms in total. The number of nitrogens with zero attached hydrogens (tertiary/aromatic N) is 2. The molecular weight excluding hydrogens is 242 g/mol. The van der Waals surface area contributed by atoms with Crippen molar-refractivity contribution in [3.8, 4) is 5.88 Å². The van der Waals surface area contributed by atoms with Gasteiger partial charge in [-0.05, 0) is 24.6 Å². The van der Waals surface area contributed by atoms with Crippen LogP contribution in [0.5, 0.6) is 5.88 Å². The maximum atomic E-state index is 9.12. The minimum Gasteiger partial charge on any atom is -0.481 e. The Kier molecular flexibility index (Phi) is 4.06. The lowest BCUT2D eigenvalue weighted by Crippen LogP contribution is -2.03. The fraction of sp³-hybridized carbons (Fsp3) is 0.357. The first kappa shape index (κ1) is 13.4. The SMILES string of the molecule is COc1c(CNc2cccc(CO)c2)c(C)nn1C. The third-order valence-electron chi connectivity index (χ3n) is 3.06. The van der Waals surface area contributed by atoms with E-state index >= 15 is 0 Å². The summed E-state index contributed by atoms with van der Waals surface area (Å²) in [6, 6.07) is 7.71. The van der Waals surface area contributed by atoms with Crippen LogP contribution in [0.4, 0.5) is 5.69 Å². The van der Waals surface area contributed by atoms with E-state index in [0.29, 0.717) is 6.54 Å². The lowest BCUT2D eigenvalue weighted by Gasteiger charge is -2.09. The minimum absolute atomic E-state index is 0.0464. The number of hydrogen-bond acceptors (Lipinski definition) is 4. The van der Waals surface area contributed by atoms with Crippen LogP contribution in [0.3, 0.4) is 0 Å². The molecule has 1 heterocycles. The lowest BCUT2D eigenvalue weighted by atomic mass is 10.2. The zero-order valence-corrected chi connectivity index (χ0v) is 11.5. The van der Waals surface area contributed by atoms with Crippen LogP contribution in [0.1, 0.15) is 16.8 Å². The number of aliphatic hydroxyl groups is 1. The third kappa shape index (κ3) is 2.88. The molecule has 1 aromatic carbocycles. The summed E-state index contributed by atoms with van der Waals surface area (Å²) in [4.78, 5) is 0. The van der Waals surface area contributed by atoms with Crippen molar-refractivity contribution in [1.29, 1.82) is 0 Å². The molecule has 0 atom stereocenters. The summed E-state index contributed by atoms with van der Waals surface area (Å²) in [5.41, 5.74) is 3.85. The normalized spacial score (nSPS) is 10.5. The van der Waals surface area contributed by atoms with Crippen molar-refractivity contribution in [2.24, 2.45) is 7.05 Å². The Bertz CT molecular complexity index is 564. The second-order valence-electron chi connectivity index (χ2n) is 4.41. The molecule has 0 spiro atoms. The zero-order valence-electron chi connectivity index (χ0n) is 11.5. The van der Waals surface area contributed by atoms with E-state index in [-0.39, 0.29) is 6.61 Å². The van der Waals surface area contributed by atoms with Gasteiger partial charge < -0.3 is 15.2 Å². The van der Waals surface area contributed by atoms with Crippen molar-refractivity contribution in [2.75, 3.05) is 12.4 Å². The predicted octanol–water partition coefficient (Wildman–Crippen LogP) is 1.84. The van der Waals surface area contributed by atoms with Gasteiger partial charge in [-0.25, -0.2) is 4.68 Å². The van der Waals surface area contributed by atoms with Crippen LogP contribution >= 0.6 is 0 Å². The molecule has 0 amide bonds. The summed E-state index contributed by atoms with van der Waals surface area (Å²) in [5, 5.41) is 16.8. The van der Waals surface area contributed by atoms with Crippen LogP contribution in [-0.4, -0.2) is 22.0 Å². The molecule has 0 saturated heterocycles. The summed E-state index contributed by atoms with van der Waals surface area (Å²) in [7, 11) is 3.51. The highest BCUT2D eigenvalue weighted by atomic mass is 16.5. The molecule has 102 valence electrons. The average molecular weight is 261 g/mol. The maximum absolute atomic E-state index is 9.12. The highest BCUT2D eigenvalue weighted by Gasteiger charge is 2.13.